The fourth-order valence-corrected chi connectivity index (χ4v) is 1.20. The summed E-state index contributed by atoms with van der Waals surface area (Å²) in [5, 5.41) is 0.530. The van der Waals surface area contributed by atoms with Crippen molar-refractivity contribution in [3.63, 3.8) is 0 Å². The summed E-state index contributed by atoms with van der Waals surface area (Å²) < 4.78 is 25.6. The Balaban J connectivity index is 2.70. The van der Waals surface area contributed by atoms with E-state index in [1.54, 1.807) is 12.1 Å². The Bertz CT molecular complexity index is 485. The molecule has 0 bridgehead atoms. The van der Waals surface area contributed by atoms with Crippen molar-refractivity contribution in [2.45, 2.75) is 0 Å². The van der Waals surface area contributed by atoms with E-state index in [1.807, 2.05) is 0 Å². The fraction of sp³-hybridized carbons (Fsp3) is 0. The van der Waals surface area contributed by atoms with Crippen LogP contribution in [0.1, 0.15) is 0 Å². The third kappa shape index (κ3) is 1.38. The van der Waals surface area contributed by atoms with Gasteiger partial charge >= 0.3 is 0 Å². The van der Waals surface area contributed by atoms with Gasteiger partial charge in [0.25, 0.3) is 0 Å². The zero-order valence-electron chi connectivity index (χ0n) is 7.09. The number of hydrogen-bond acceptors (Lipinski definition) is 3. The molecule has 1 heterocycles. The topological polar surface area (TPSA) is 50.9 Å². The molecule has 5 heteroatoms. The molecule has 0 atom stereocenters. The van der Waals surface area contributed by atoms with Crippen LogP contribution in [0.5, 0.6) is 0 Å². The third-order valence-corrected chi connectivity index (χ3v) is 1.88. The number of nitrogens with two attached hydrogens (primary N) is 1. The van der Waals surface area contributed by atoms with Crippen molar-refractivity contribution in [1.82, 2.24) is 4.98 Å². The van der Waals surface area contributed by atoms with Crippen molar-refractivity contribution in [1.29, 1.82) is 0 Å². The van der Waals surface area contributed by atoms with Gasteiger partial charge in [-0.3, -0.25) is 0 Å². The first kappa shape index (κ1) is 8.83. The first-order chi connectivity index (χ1) is 6.70. The molecule has 1 aromatic heterocycles. The van der Waals surface area contributed by atoms with Gasteiger partial charge in [-0.2, -0.15) is 0 Å². The number of pyridine rings is 1. The Labute approximate surface area is 78.5 Å². The maximum Gasteiger partial charge on any atom is 0.161 e. The van der Waals surface area contributed by atoms with Crippen molar-refractivity contribution in [3.8, 4) is 0 Å². The van der Waals surface area contributed by atoms with Crippen molar-refractivity contribution in [2.24, 2.45) is 5.84 Å². The maximum absolute atomic E-state index is 12.8. The van der Waals surface area contributed by atoms with E-state index in [2.05, 4.69) is 10.4 Å². The van der Waals surface area contributed by atoms with E-state index in [9.17, 15) is 8.78 Å². The van der Waals surface area contributed by atoms with Gasteiger partial charge in [0.2, 0.25) is 0 Å². The largest absolute Gasteiger partial charge is 0.308 e. The molecule has 1 aromatic carbocycles. The number of rotatable bonds is 1. The molecule has 3 nitrogen and oxygen atoms in total. The maximum atomic E-state index is 12.8. The van der Waals surface area contributed by atoms with Crippen LogP contribution in [0.2, 0.25) is 0 Å². The van der Waals surface area contributed by atoms with Gasteiger partial charge < -0.3 is 5.43 Å². The Hall–Kier alpha value is -1.75. The van der Waals surface area contributed by atoms with E-state index >= 15 is 0 Å². The molecule has 0 unspecified atom stereocenters. The summed E-state index contributed by atoms with van der Waals surface area (Å²) in [6.45, 7) is 0. The van der Waals surface area contributed by atoms with Gasteiger partial charge in [0.05, 0.1) is 5.52 Å². The predicted molar refractivity (Wildman–Crippen MR) is 49.5 cm³/mol. The highest BCUT2D eigenvalue weighted by atomic mass is 19.2. The van der Waals surface area contributed by atoms with Gasteiger partial charge in [0.15, 0.2) is 11.6 Å². The van der Waals surface area contributed by atoms with Crippen LogP contribution in [0.25, 0.3) is 10.9 Å². The molecule has 3 N–H and O–H groups in total. The van der Waals surface area contributed by atoms with Crippen LogP contribution in [0.3, 0.4) is 0 Å². The minimum absolute atomic E-state index is 0.361. The number of hydrogen-bond donors (Lipinski definition) is 2. The lowest BCUT2D eigenvalue weighted by atomic mass is 10.2. The van der Waals surface area contributed by atoms with Gasteiger partial charge in [-0.05, 0) is 18.2 Å². The summed E-state index contributed by atoms with van der Waals surface area (Å²) in [6.07, 6.45) is 0. The van der Waals surface area contributed by atoms with Crippen LogP contribution in [0, 0.1) is 11.6 Å². The summed E-state index contributed by atoms with van der Waals surface area (Å²) in [5.41, 5.74) is 2.69. The zero-order valence-corrected chi connectivity index (χ0v) is 7.09. The van der Waals surface area contributed by atoms with Gasteiger partial charge in [-0.1, -0.05) is 0 Å². The van der Waals surface area contributed by atoms with Crippen molar-refractivity contribution in [2.75, 3.05) is 5.43 Å². The van der Waals surface area contributed by atoms with Crippen LogP contribution in [-0.2, 0) is 0 Å². The van der Waals surface area contributed by atoms with E-state index in [0.717, 1.165) is 12.1 Å². The normalized spacial score (nSPS) is 10.5. The van der Waals surface area contributed by atoms with Crippen LogP contribution in [0.15, 0.2) is 24.3 Å². The average Bonchev–Trinajstić information content (AvgIpc) is 2.19. The number of aromatic nitrogens is 1. The molecule has 2 rings (SSSR count). The lowest BCUT2D eigenvalue weighted by molar-refractivity contribution is 0.510. The highest BCUT2D eigenvalue weighted by Crippen LogP contribution is 2.18. The quantitative estimate of drug-likeness (QED) is 0.538. The number of halogens is 2. The second-order valence-corrected chi connectivity index (χ2v) is 2.80. The molecule has 0 radical (unpaired) electrons. The van der Waals surface area contributed by atoms with Crippen molar-refractivity contribution >= 4 is 16.7 Å². The third-order valence-electron chi connectivity index (χ3n) is 1.88. The zero-order chi connectivity index (χ0) is 10.1. The van der Waals surface area contributed by atoms with E-state index < -0.39 is 11.6 Å². The smallest absolute Gasteiger partial charge is 0.161 e. The fourth-order valence-electron chi connectivity index (χ4n) is 1.20. The molecule has 0 spiro atoms. The highest BCUT2D eigenvalue weighted by molar-refractivity contribution is 5.80. The first-order valence-electron chi connectivity index (χ1n) is 3.93. The molecule has 14 heavy (non-hydrogen) atoms. The standard InChI is InChI=1S/C9H7F2N3/c10-6-3-5-1-2-9(14-12)13-8(5)4-7(6)11/h1-4H,12H2,(H,13,14). The monoisotopic (exact) mass is 195 g/mol. The number of nitrogens with zero attached hydrogens (tertiary/aromatic N) is 1. The lowest BCUT2D eigenvalue weighted by Gasteiger charge is -2.02. The number of anilines is 1. The molecule has 72 valence electrons. The Morgan fingerprint density at radius 3 is 2.57 bits per heavy atom. The van der Waals surface area contributed by atoms with Crippen molar-refractivity contribution in [3.05, 3.63) is 35.9 Å². The summed E-state index contributed by atoms with van der Waals surface area (Å²) >= 11 is 0. The molecular formula is C9H7F2N3. The van der Waals surface area contributed by atoms with E-state index in [0.29, 0.717) is 16.7 Å². The minimum Gasteiger partial charge on any atom is -0.308 e. The second-order valence-electron chi connectivity index (χ2n) is 2.80. The number of nitrogen functional groups attached to an aromatic ring is 1. The summed E-state index contributed by atoms with van der Waals surface area (Å²) in [4.78, 5) is 3.95. The van der Waals surface area contributed by atoms with Gasteiger partial charge in [-0.25, -0.2) is 19.6 Å². The summed E-state index contributed by atoms with van der Waals surface area (Å²) in [5.74, 6) is 3.74. The van der Waals surface area contributed by atoms with E-state index in [1.165, 1.54) is 0 Å². The molecule has 0 fully saturated rings. The Kier molecular flexibility index (Phi) is 2.01. The number of hydrazine groups is 1. The summed E-state index contributed by atoms with van der Waals surface area (Å²) in [7, 11) is 0. The predicted octanol–water partition coefficient (Wildman–Crippen LogP) is 1.80. The van der Waals surface area contributed by atoms with Crippen molar-refractivity contribution < 1.29 is 8.78 Å². The molecule has 0 aliphatic carbocycles. The lowest BCUT2D eigenvalue weighted by Crippen LogP contribution is -2.08. The molecule has 0 aliphatic rings. The second kappa shape index (κ2) is 3.19. The van der Waals surface area contributed by atoms with Crippen LogP contribution < -0.4 is 11.3 Å². The Morgan fingerprint density at radius 2 is 1.86 bits per heavy atom. The molecular weight excluding hydrogens is 188 g/mol. The molecule has 0 aliphatic heterocycles. The van der Waals surface area contributed by atoms with Gasteiger partial charge in [-0.15, -0.1) is 0 Å². The molecule has 0 saturated heterocycles. The summed E-state index contributed by atoms with van der Waals surface area (Å²) in [6, 6.07) is 5.32. The SMILES string of the molecule is NNc1ccc2cc(F)c(F)cc2n1. The number of nitrogens with one attached hydrogen (secondary N) is 1. The van der Waals surface area contributed by atoms with E-state index in [4.69, 9.17) is 5.84 Å². The van der Waals surface area contributed by atoms with Crippen LogP contribution >= 0.6 is 0 Å². The number of fused-ring (bicyclic) bond motifs is 1. The minimum atomic E-state index is -0.917. The molecule has 0 saturated carbocycles. The molecule has 2 aromatic rings. The van der Waals surface area contributed by atoms with Gasteiger partial charge in [0, 0.05) is 11.5 Å². The van der Waals surface area contributed by atoms with Crippen LogP contribution in [-0.4, -0.2) is 4.98 Å². The van der Waals surface area contributed by atoms with Crippen LogP contribution in [0.4, 0.5) is 14.6 Å². The average molecular weight is 195 g/mol. The Morgan fingerprint density at radius 1 is 1.14 bits per heavy atom. The number of benzene rings is 1. The highest BCUT2D eigenvalue weighted by Gasteiger charge is 2.04. The first-order valence-corrected chi connectivity index (χ1v) is 3.93. The molecule has 0 amide bonds. The van der Waals surface area contributed by atoms with E-state index in [-0.39, 0.29) is 0 Å². The van der Waals surface area contributed by atoms with Gasteiger partial charge in [0.1, 0.15) is 5.82 Å².